The van der Waals surface area contributed by atoms with E-state index in [1.807, 2.05) is 6.92 Å². The lowest BCUT2D eigenvalue weighted by Gasteiger charge is -1.97. The Hall–Kier alpha value is -1.97. The van der Waals surface area contributed by atoms with Gasteiger partial charge < -0.3 is 5.73 Å². The normalized spacial score (nSPS) is 10.6. The number of nitrogens with two attached hydrogens (primary N) is 1. The van der Waals surface area contributed by atoms with E-state index in [0.29, 0.717) is 11.1 Å². The zero-order valence-electron chi connectivity index (χ0n) is 9.14. The number of unbranched alkanes of at least 4 members (excludes halogenated alkanes) is 1. The first-order chi connectivity index (χ1) is 7.65. The molecular formula is C12H14N2O2. The third-order valence-electron chi connectivity index (χ3n) is 2.04. The minimum Gasteiger partial charge on any atom is -0.366 e. The zero-order valence-corrected chi connectivity index (χ0v) is 9.14. The lowest BCUT2D eigenvalue weighted by atomic mass is 10.1. The Morgan fingerprint density at radius 2 is 1.81 bits per heavy atom. The van der Waals surface area contributed by atoms with Crippen LogP contribution in [0.5, 0.6) is 0 Å². The van der Waals surface area contributed by atoms with E-state index < -0.39 is 5.91 Å². The molecule has 2 amide bonds. The number of nitrogens with zero attached hydrogens (tertiary/aromatic N) is 1. The average molecular weight is 218 g/mol. The second kappa shape index (κ2) is 5.80. The first-order valence-electron chi connectivity index (χ1n) is 5.12. The van der Waals surface area contributed by atoms with E-state index in [1.54, 1.807) is 18.3 Å². The summed E-state index contributed by atoms with van der Waals surface area (Å²) in [6, 6.07) is 6.13. The number of benzene rings is 1. The molecule has 0 saturated heterocycles. The molecule has 2 N–H and O–H groups in total. The van der Waals surface area contributed by atoms with E-state index in [0.717, 1.165) is 12.8 Å². The van der Waals surface area contributed by atoms with Crippen molar-refractivity contribution in [2.24, 2.45) is 10.7 Å². The van der Waals surface area contributed by atoms with Crippen LogP contribution in [-0.2, 0) is 0 Å². The number of carbonyl (C=O) groups excluding carboxylic acids is 2. The quantitative estimate of drug-likeness (QED) is 0.782. The predicted molar refractivity (Wildman–Crippen MR) is 62.7 cm³/mol. The second-order valence-electron chi connectivity index (χ2n) is 3.35. The molecule has 0 saturated carbocycles. The molecule has 0 heterocycles. The van der Waals surface area contributed by atoms with Gasteiger partial charge in [-0.25, -0.2) is 4.99 Å². The van der Waals surface area contributed by atoms with E-state index >= 15 is 0 Å². The Kier molecular flexibility index (Phi) is 4.39. The Morgan fingerprint density at radius 1 is 1.25 bits per heavy atom. The lowest BCUT2D eigenvalue weighted by Crippen LogP contribution is -2.10. The molecule has 0 aliphatic heterocycles. The monoisotopic (exact) mass is 218 g/mol. The highest BCUT2D eigenvalue weighted by atomic mass is 16.1. The summed E-state index contributed by atoms with van der Waals surface area (Å²) in [5.74, 6) is -0.807. The second-order valence-corrected chi connectivity index (χ2v) is 3.35. The molecule has 0 unspecified atom stereocenters. The third kappa shape index (κ3) is 3.31. The summed E-state index contributed by atoms with van der Waals surface area (Å²) >= 11 is 0. The molecule has 0 aliphatic carbocycles. The summed E-state index contributed by atoms with van der Waals surface area (Å²) in [4.78, 5) is 26.1. The molecule has 0 radical (unpaired) electrons. The molecule has 4 heteroatoms. The number of rotatable bonds is 4. The van der Waals surface area contributed by atoms with Gasteiger partial charge in [0.1, 0.15) is 0 Å². The number of carbonyl (C=O) groups is 2. The Balaban J connectivity index is 2.74. The maximum Gasteiger partial charge on any atom is 0.276 e. The van der Waals surface area contributed by atoms with Gasteiger partial charge in [-0.15, -0.1) is 0 Å². The minimum absolute atomic E-state index is 0.301. The van der Waals surface area contributed by atoms with Crippen LogP contribution in [0.1, 0.15) is 40.5 Å². The summed E-state index contributed by atoms with van der Waals surface area (Å²) in [5, 5.41) is 0. The van der Waals surface area contributed by atoms with Crippen molar-refractivity contribution in [1.82, 2.24) is 0 Å². The van der Waals surface area contributed by atoms with E-state index in [4.69, 9.17) is 5.73 Å². The molecule has 1 aromatic rings. The number of aliphatic imine (C=N–C) groups is 1. The molecule has 0 fully saturated rings. The number of amides is 2. The highest BCUT2D eigenvalue weighted by molar-refractivity contribution is 6.00. The van der Waals surface area contributed by atoms with Crippen LogP contribution in [0.4, 0.5) is 0 Å². The molecule has 1 rings (SSSR count). The van der Waals surface area contributed by atoms with Crippen molar-refractivity contribution in [2.45, 2.75) is 19.8 Å². The summed E-state index contributed by atoms with van der Waals surface area (Å²) in [6.07, 6.45) is 3.34. The van der Waals surface area contributed by atoms with Gasteiger partial charge in [-0.3, -0.25) is 9.59 Å². The highest BCUT2D eigenvalue weighted by Gasteiger charge is 2.04. The standard InChI is InChI=1S/C12H14N2O2/c1-2-3-8-14-12(16)10-6-4-9(5-7-10)11(13)15/h4-8H,2-3H2,1H3,(H2,13,15). The van der Waals surface area contributed by atoms with Crippen LogP contribution in [-0.4, -0.2) is 18.0 Å². The van der Waals surface area contributed by atoms with Crippen LogP contribution < -0.4 is 5.73 Å². The number of primary amides is 1. The van der Waals surface area contributed by atoms with Crippen molar-refractivity contribution >= 4 is 18.0 Å². The maximum absolute atomic E-state index is 11.5. The van der Waals surface area contributed by atoms with E-state index in [1.165, 1.54) is 12.1 Å². The smallest absolute Gasteiger partial charge is 0.276 e. The molecule has 4 nitrogen and oxygen atoms in total. The fourth-order valence-corrected chi connectivity index (χ4v) is 1.13. The zero-order chi connectivity index (χ0) is 12.0. The van der Waals surface area contributed by atoms with Gasteiger partial charge in [-0.2, -0.15) is 0 Å². The fourth-order valence-electron chi connectivity index (χ4n) is 1.13. The molecule has 0 atom stereocenters. The number of hydrogen-bond donors (Lipinski definition) is 1. The van der Waals surface area contributed by atoms with Crippen molar-refractivity contribution in [2.75, 3.05) is 0 Å². The summed E-state index contributed by atoms with van der Waals surface area (Å²) in [6.45, 7) is 2.01. The summed E-state index contributed by atoms with van der Waals surface area (Å²) < 4.78 is 0. The van der Waals surface area contributed by atoms with E-state index in [9.17, 15) is 9.59 Å². The van der Waals surface area contributed by atoms with Gasteiger partial charge in [-0.1, -0.05) is 13.3 Å². The van der Waals surface area contributed by atoms with Crippen molar-refractivity contribution in [3.8, 4) is 0 Å². The van der Waals surface area contributed by atoms with Gasteiger partial charge in [0.2, 0.25) is 5.91 Å². The van der Waals surface area contributed by atoms with Gasteiger partial charge in [0.05, 0.1) is 0 Å². The topological polar surface area (TPSA) is 72.5 Å². The minimum atomic E-state index is -0.506. The Morgan fingerprint density at radius 3 is 2.31 bits per heavy atom. The molecule has 0 aliphatic rings. The molecule has 0 aromatic heterocycles. The Bertz CT molecular complexity index is 408. The highest BCUT2D eigenvalue weighted by Crippen LogP contribution is 2.05. The van der Waals surface area contributed by atoms with Gasteiger partial charge in [0.15, 0.2) is 0 Å². The molecular weight excluding hydrogens is 204 g/mol. The van der Waals surface area contributed by atoms with Crippen molar-refractivity contribution < 1.29 is 9.59 Å². The van der Waals surface area contributed by atoms with Crippen LogP contribution in [0.2, 0.25) is 0 Å². The fraction of sp³-hybridized carbons (Fsp3) is 0.250. The van der Waals surface area contributed by atoms with E-state index in [2.05, 4.69) is 4.99 Å². The van der Waals surface area contributed by atoms with Crippen LogP contribution >= 0.6 is 0 Å². The maximum atomic E-state index is 11.5. The van der Waals surface area contributed by atoms with Crippen LogP contribution in [0, 0.1) is 0 Å². The van der Waals surface area contributed by atoms with Crippen LogP contribution in [0.3, 0.4) is 0 Å². The molecule has 84 valence electrons. The number of hydrogen-bond acceptors (Lipinski definition) is 2. The van der Waals surface area contributed by atoms with Crippen LogP contribution in [0.25, 0.3) is 0 Å². The summed E-state index contributed by atoms with van der Waals surface area (Å²) in [7, 11) is 0. The first kappa shape index (κ1) is 12.1. The van der Waals surface area contributed by atoms with Crippen molar-refractivity contribution in [3.63, 3.8) is 0 Å². The molecule has 16 heavy (non-hydrogen) atoms. The van der Waals surface area contributed by atoms with Gasteiger partial charge in [0.25, 0.3) is 5.91 Å². The molecule has 0 bridgehead atoms. The average Bonchev–Trinajstić information content (AvgIpc) is 2.29. The largest absolute Gasteiger partial charge is 0.366 e. The summed E-state index contributed by atoms with van der Waals surface area (Å²) in [5.41, 5.74) is 5.92. The van der Waals surface area contributed by atoms with E-state index in [-0.39, 0.29) is 5.91 Å². The third-order valence-corrected chi connectivity index (χ3v) is 2.04. The van der Waals surface area contributed by atoms with Gasteiger partial charge >= 0.3 is 0 Å². The first-order valence-corrected chi connectivity index (χ1v) is 5.12. The Labute approximate surface area is 94.2 Å². The lowest BCUT2D eigenvalue weighted by molar-refractivity contribution is 0.0990. The molecule has 0 spiro atoms. The van der Waals surface area contributed by atoms with Gasteiger partial charge in [-0.05, 0) is 30.7 Å². The SMILES string of the molecule is CCCC=NC(=O)c1ccc(C(N)=O)cc1. The van der Waals surface area contributed by atoms with Gasteiger partial charge in [0, 0.05) is 17.3 Å². The molecule has 1 aromatic carbocycles. The van der Waals surface area contributed by atoms with Crippen LogP contribution in [0.15, 0.2) is 29.3 Å². The van der Waals surface area contributed by atoms with Crippen molar-refractivity contribution in [1.29, 1.82) is 0 Å². The predicted octanol–water partition coefficient (Wildman–Crippen LogP) is 1.80. The van der Waals surface area contributed by atoms with Crippen molar-refractivity contribution in [3.05, 3.63) is 35.4 Å².